The lowest BCUT2D eigenvalue weighted by molar-refractivity contribution is 0.00316. The average molecular weight is 253 g/mol. The summed E-state index contributed by atoms with van der Waals surface area (Å²) in [5, 5.41) is 0. The number of benzene rings is 1. The summed E-state index contributed by atoms with van der Waals surface area (Å²) in [6.07, 6.45) is 0.909. The number of methoxy groups -OCH3 is 1. The fraction of sp³-hybridized carbons (Fsp3) is 0.538. The molecule has 0 saturated carbocycles. The van der Waals surface area contributed by atoms with Crippen LogP contribution in [0.5, 0.6) is 11.5 Å². The van der Waals surface area contributed by atoms with Gasteiger partial charge in [0, 0.05) is 25.6 Å². The van der Waals surface area contributed by atoms with Crippen LogP contribution in [-0.2, 0) is 16.1 Å². The Morgan fingerprint density at radius 2 is 2.11 bits per heavy atom. The van der Waals surface area contributed by atoms with E-state index >= 15 is 0 Å². The van der Waals surface area contributed by atoms with Crippen LogP contribution < -0.4 is 15.0 Å². The van der Waals surface area contributed by atoms with Gasteiger partial charge in [0.25, 0.3) is 0 Å². The molecule has 0 aliphatic carbocycles. The van der Waals surface area contributed by atoms with Crippen LogP contribution in [0.3, 0.4) is 0 Å². The van der Waals surface area contributed by atoms with Gasteiger partial charge < -0.3 is 14.2 Å². The smallest absolute Gasteiger partial charge is 0.165 e. The fourth-order valence-corrected chi connectivity index (χ4v) is 1.72. The molecule has 1 aliphatic rings. The van der Waals surface area contributed by atoms with Crippen molar-refractivity contribution in [1.82, 2.24) is 5.48 Å². The lowest BCUT2D eigenvalue weighted by Crippen LogP contribution is -2.17. The molecule has 1 aromatic carbocycles. The first-order valence-electron chi connectivity index (χ1n) is 6.13. The van der Waals surface area contributed by atoms with Crippen molar-refractivity contribution in [2.45, 2.75) is 13.0 Å². The quantitative estimate of drug-likeness (QED) is 0.615. The van der Waals surface area contributed by atoms with Crippen molar-refractivity contribution in [2.24, 2.45) is 0 Å². The van der Waals surface area contributed by atoms with E-state index in [-0.39, 0.29) is 0 Å². The molecule has 1 aliphatic heterocycles. The summed E-state index contributed by atoms with van der Waals surface area (Å²) in [6.45, 7) is 3.06. The van der Waals surface area contributed by atoms with Gasteiger partial charge >= 0.3 is 0 Å². The lowest BCUT2D eigenvalue weighted by atomic mass is 10.2. The number of nitrogens with one attached hydrogen (secondary N) is 1. The maximum atomic E-state index is 5.71. The second-order valence-electron chi connectivity index (χ2n) is 3.96. The minimum absolute atomic E-state index is 0.517. The van der Waals surface area contributed by atoms with Crippen molar-refractivity contribution in [3.05, 3.63) is 23.8 Å². The predicted molar refractivity (Wildman–Crippen MR) is 66.7 cm³/mol. The topological polar surface area (TPSA) is 49.0 Å². The molecule has 0 spiro atoms. The molecular formula is C13H19NO4. The van der Waals surface area contributed by atoms with Crippen molar-refractivity contribution < 1.29 is 19.0 Å². The van der Waals surface area contributed by atoms with E-state index in [1.807, 2.05) is 18.2 Å². The highest BCUT2D eigenvalue weighted by Crippen LogP contribution is 2.32. The molecule has 0 amide bonds. The molecule has 0 saturated heterocycles. The molecule has 5 heteroatoms. The number of rotatable bonds is 6. The van der Waals surface area contributed by atoms with Crippen LogP contribution in [-0.4, -0.2) is 33.5 Å². The number of fused-ring (bicyclic) bond motifs is 1. The number of para-hydroxylation sites is 1. The average Bonchev–Trinajstić information content (AvgIpc) is 2.64. The van der Waals surface area contributed by atoms with Crippen LogP contribution in [0, 0.1) is 0 Å². The summed E-state index contributed by atoms with van der Waals surface area (Å²) in [7, 11) is 1.64. The van der Waals surface area contributed by atoms with E-state index in [2.05, 4.69) is 5.48 Å². The van der Waals surface area contributed by atoms with Gasteiger partial charge in [-0.15, -0.1) is 0 Å². The summed E-state index contributed by atoms with van der Waals surface area (Å²) in [5.41, 5.74) is 3.93. The Kier molecular flexibility index (Phi) is 5.26. The van der Waals surface area contributed by atoms with Crippen LogP contribution in [0.15, 0.2) is 18.2 Å². The zero-order valence-electron chi connectivity index (χ0n) is 10.6. The van der Waals surface area contributed by atoms with Crippen molar-refractivity contribution in [2.75, 3.05) is 33.5 Å². The molecule has 1 aromatic rings. The standard InChI is InChI=1S/C13H19NO4/c1-15-8-9-18-14-10-11-4-2-5-12-13(11)17-7-3-6-16-12/h2,4-5,14H,3,6-10H2,1H3. The van der Waals surface area contributed by atoms with E-state index in [0.29, 0.717) is 33.0 Å². The molecule has 1 heterocycles. The molecule has 2 rings (SSSR count). The van der Waals surface area contributed by atoms with Gasteiger partial charge in [0.2, 0.25) is 0 Å². The highest BCUT2D eigenvalue weighted by molar-refractivity contribution is 5.46. The highest BCUT2D eigenvalue weighted by Gasteiger charge is 2.13. The first-order valence-corrected chi connectivity index (χ1v) is 6.13. The Labute approximate surface area is 107 Å². The SMILES string of the molecule is COCCONCc1cccc2c1OCCCO2. The minimum Gasteiger partial charge on any atom is -0.490 e. The molecule has 0 atom stereocenters. The molecule has 0 unspecified atom stereocenters. The molecule has 0 radical (unpaired) electrons. The van der Waals surface area contributed by atoms with E-state index < -0.39 is 0 Å². The van der Waals surface area contributed by atoms with Gasteiger partial charge in [-0.3, -0.25) is 4.84 Å². The number of hydroxylamine groups is 1. The summed E-state index contributed by atoms with van der Waals surface area (Å²) in [6, 6.07) is 5.88. The first kappa shape index (κ1) is 13.1. The summed E-state index contributed by atoms with van der Waals surface area (Å²) in [4.78, 5) is 5.23. The highest BCUT2D eigenvalue weighted by atomic mass is 16.7. The van der Waals surface area contributed by atoms with Gasteiger partial charge in [-0.2, -0.15) is 5.48 Å². The van der Waals surface area contributed by atoms with Crippen molar-refractivity contribution in [3.63, 3.8) is 0 Å². The van der Waals surface area contributed by atoms with E-state index in [4.69, 9.17) is 19.0 Å². The van der Waals surface area contributed by atoms with Crippen LogP contribution in [0.1, 0.15) is 12.0 Å². The molecule has 5 nitrogen and oxygen atoms in total. The van der Waals surface area contributed by atoms with Gasteiger partial charge in [0.05, 0.1) is 26.4 Å². The number of hydrogen-bond donors (Lipinski definition) is 1. The molecule has 0 fully saturated rings. The third kappa shape index (κ3) is 3.60. The van der Waals surface area contributed by atoms with E-state index in [1.165, 1.54) is 0 Å². The van der Waals surface area contributed by atoms with Crippen molar-refractivity contribution in [1.29, 1.82) is 0 Å². The summed E-state index contributed by atoms with van der Waals surface area (Å²) < 4.78 is 16.2. The van der Waals surface area contributed by atoms with E-state index in [1.54, 1.807) is 7.11 Å². The Hall–Kier alpha value is -1.30. The molecule has 100 valence electrons. The normalized spacial score (nSPS) is 14.3. The van der Waals surface area contributed by atoms with Crippen molar-refractivity contribution in [3.8, 4) is 11.5 Å². The lowest BCUT2D eigenvalue weighted by Gasteiger charge is -2.12. The monoisotopic (exact) mass is 253 g/mol. The van der Waals surface area contributed by atoms with Crippen molar-refractivity contribution >= 4 is 0 Å². The number of hydrogen-bond acceptors (Lipinski definition) is 5. The third-order valence-corrected chi connectivity index (χ3v) is 2.61. The Morgan fingerprint density at radius 3 is 3.00 bits per heavy atom. The third-order valence-electron chi connectivity index (χ3n) is 2.61. The molecule has 0 aromatic heterocycles. The Morgan fingerprint density at radius 1 is 1.22 bits per heavy atom. The zero-order valence-corrected chi connectivity index (χ0v) is 10.6. The van der Waals surface area contributed by atoms with Crippen LogP contribution in [0.2, 0.25) is 0 Å². The van der Waals surface area contributed by atoms with Crippen LogP contribution >= 0.6 is 0 Å². The molecule has 0 bridgehead atoms. The van der Waals surface area contributed by atoms with Gasteiger partial charge in [0.1, 0.15) is 0 Å². The van der Waals surface area contributed by atoms with Crippen LogP contribution in [0.25, 0.3) is 0 Å². The molecule has 18 heavy (non-hydrogen) atoms. The maximum absolute atomic E-state index is 5.71. The molecular weight excluding hydrogens is 234 g/mol. The fourth-order valence-electron chi connectivity index (χ4n) is 1.72. The van der Waals surface area contributed by atoms with Gasteiger partial charge in [-0.05, 0) is 6.07 Å². The number of ether oxygens (including phenoxy) is 3. The van der Waals surface area contributed by atoms with Gasteiger partial charge in [0.15, 0.2) is 11.5 Å². The Bertz CT molecular complexity index is 370. The second kappa shape index (κ2) is 7.20. The zero-order chi connectivity index (χ0) is 12.6. The largest absolute Gasteiger partial charge is 0.490 e. The maximum Gasteiger partial charge on any atom is 0.165 e. The molecule has 1 N–H and O–H groups in total. The second-order valence-corrected chi connectivity index (χ2v) is 3.96. The summed E-state index contributed by atoms with van der Waals surface area (Å²) >= 11 is 0. The van der Waals surface area contributed by atoms with E-state index in [0.717, 1.165) is 23.5 Å². The predicted octanol–water partition coefficient (Wildman–Crippen LogP) is 1.52. The summed E-state index contributed by atoms with van der Waals surface area (Å²) in [5.74, 6) is 1.63. The Balaban J connectivity index is 1.91. The van der Waals surface area contributed by atoms with E-state index in [9.17, 15) is 0 Å². The first-order chi connectivity index (χ1) is 8.92. The minimum atomic E-state index is 0.517. The van der Waals surface area contributed by atoms with Crippen LogP contribution in [0.4, 0.5) is 0 Å². The van der Waals surface area contributed by atoms with Gasteiger partial charge in [-0.1, -0.05) is 12.1 Å². The van der Waals surface area contributed by atoms with Gasteiger partial charge in [-0.25, -0.2) is 0 Å².